The molecule has 5 aromatic rings. The van der Waals surface area contributed by atoms with Crippen LogP contribution in [-0.4, -0.2) is 6.04 Å². The number of anilines is 1. The van der Waals surface area contributed by atoms with Gasteiger partial charge in [-0.2, -0.15) is 0 Å². The molecular weight excluding hydrogens is 687 g/mol. The topological polar surface area (TPSA) is 3.24 Å². The van der Waals surface area contributed by atoms with Gasteiger partial charge in [-0.3, -0.25) is 0 Å². The van der Waals surface area contributed by atoms with Crippen LogP contribution in [-0.2, 0) is 23.7 Å². The molecule has 6 aliphatic carbocycles. The summed E-state index contributed by atoms with van der Waals surface area (Å²) in [4.78, 5) is 2.54. The van der Waals surface area contributed by atoms with Gasteiger partial charge in [-0.1, -0.05) is 171 Å². The van der Waals surface area contributed by atoms with Gasteiger partial charge in [0.15, 0.2) is 0 Å². The van der Waals surface area contributed by atoms with Gasteiger partial charge in [0.05, 0.1) is 11.5 Å². The quantitative estimate of drug-likeness (QED) is 0.150. The molecule has 0 bridgehead atoms. The summed E-state index contributed by atoms with van der Waals surface area (Å²) in [5.41, 5.74) is 20.2. The zero-order valence-electron chi connectivity index (χ0n) is 32.8. The fourth-order valence-electron chi connectivity index (χ4n) is 11.5. The van der Waals surface area contributed by atoms with Crippen LogP contribution in [0.4, 0.5) is 5.69 Å². The fraction of sp³-hybridized carbons (Fsp3) is 0.214. The van der Waals surface area contributed by atoms with E-state index in [0.717, 1.165) is 37.8 Å². The van der Waals surface area contributed by atoms with Crippen LogP contribution < -0.4 is 4.90 Å². The first kappa shape index (κ1) is 34.3. The van der Waals surface area contributed by atoms with E-state index in [1.807, 2.05) is 0 Å². The van der Waals surface area contributed by atoms with Crippen LogP contribution in [0.25, 0.3) is 28.9 Å². The first-order chi connectivity index (χ1) is 28.1. The van der Waals surface area contributed by atoms with Gasteiger partial charge >= 0.3 is 0 Å². The molecule has 1 spiro atoms. The molecule has 1 saturated carbocycles. The maximum Gasteiger partial charge on any atom is 0.0643 e. The Morgan fingerprint density at radius 2 is 1.40 bits per heavy atom. The number of hydrogen-bond acceptors (Lipinski definition) is 1. The van der Waals surface area contributed by atoms with Gasteiger partial charge in [0.25, 0.3) is 0 Å². The van der Waals surface area contributed by atoms with E-state index in [9.17, 15) is 0 Å². The number of benzene rings is 5. The second-order valence-electron chi connectivity index (χ2n) is 17.0. The van der Waals surface area contributed by atoms with E-state index >= 15 is 0 Å². The van der Waals surface area contributed by atoms with E-state index in [1.165, 1.54) is 104 Å². The summed E-state index contributed by atoms with van der Waals surface area (Å²) < 4.78 is 0. The third-order valence-electron chi connectivity index (χ3n) is 14.1. The molecule has 5 aromatic carbocycles. The second kappa shape index (κ2) is 13.6. The normalized spacial score (nSPS) is 21.8. The number of hydrogen-bond donors (Lipinski definition) is 0. The maximum absolute atomic E-state index is 4.90. The molecule has 0 aromatic heterocycles. The summed E-state index contributed by atoms with van der Waals surface area (Å²) in [6.45, 7) is 4.90. The monoisotopic (exact) mass is 735 g/mol. The lowest BCUT2D eigenvalue weighted by Crippen LogP contribution is -2.36. The molecule has 0 heterocycles. The smallest absolute Gasteiger partial charge is 0.0643 e. The van der Waals surface area contributed by atoms with E-state index in [1.54, 1.807) is 0 Å². The first-order valence-electron chi connectivity index (χ1n) is 21.3. The summed E-state index contributed by atoms with van der Waals surface area (Å²) in [6.07, 6.45) is 34.2. The van der Waals surface area contributed by atoms with E-state index in [-0.39, 0.29) is 16.9 Å². The Morgan fingerprint density at radius 3 is 2.23 bits per heavy atom. The van der Waals surface area contributed by atoms with Crippen molar-refractivity contribution >= 4 is 23.4 Å². The SMILES string of the molecule is C=C(/C=C\C1=CC(C2=CCCC=C2)(c2ccccc2)c2ccccc21)N(c1ccc2c(c1)-c1ccccc1C21CCCC1)C1C=Cc2ccc3c(c2C1)CCC=C3. The minimum absolute atomic E-state index is 0.132. The van der Waals surface area contributed by atoms with Crippen LogP contribution in [0.2, 0.25) is 0 Å². The van der Waals surface area contributed by atoms with Gasteiger partial charge in [0, 0.05) is 16.8 Å². The molecule has 1 heteroatoms. The van der Waals surface area contributed by atoms with Crippen LogP contribution in [0.1, 0.15) is 95.0 Å². The summed E-state index contributed by atoms with van der Waals surface area (Å²) in [6, 6.07) is 41.5. The average molecular weight is 736 g/mol. The zero-order chi connectivity index (χ0) is 38.0. The molecule has 278 valence electrons. The standard InChI is InChI=1S/C56H49N/c1-39(26-27-42-38-56(43-17-4-2-5-18-43,44-19-6-3-7-20-44)54-25-13-10-22-48(42)54)57(45-31-30-41-29-28-40-16-8-9-21-47(40)50(41)36-45)46-32-33-53-51(37-46)49-23-11-12-24-52(49)55(53)34-14-15-35-55/h2,4-6,8,10-13,16-20,22-33,37-38,45H,1,3,7,9,14-15,21,34-36H2/b27-26-. The molecular formula is C56H49N. The predicted octanol–water partition coefficient (Wildman–Crippen LogP) is 13.7. The lowest BCUT2D eigenvalue weighted by molar-refractivity contribution is 0.550. The van der Waals surface area contributed by atoms with Gasteiger partial charge in [-0.25, -0.2) is 0 Å². The molecule has 0 N–H and O–H groups in total. The third-order valence-corrected chi connectivity index (χ3v) is 14.1. The summed E-state index contributed by atoms with van der Waals surface area (Å²) in [7, 11) is 0. The van der Waals surface area contributed by atoms with Crippen LogP contribution in [0.5, 0.6) is 0 Å². The molecule has 11 rings (SSSR count). The lowest BCUT2D eigenvalue weighted by atomic mass is 9.69. The van der Waals surface area contributed by atoms with Gasteiger partial charge in [0.1, 0.15) is 0 Å². The number of rotatable bonds is 7. The fourth-order valence-corrected chi connectivity index (χ4v) is 11.5. The molecule has 1 nitrogen and oxygen atoms in total. The average Bonchev–Trinajstić information content (AvgIpc) is 3.98. The molecule has 0 radical (unpaired) electrons. The van der Waals surface area contributed by atoms with Crippen LogP contribution in [0.3, 0.4) is 0 Å². The maximum atomic E-state index is 4.90. The van der Waals surface area contributed by atoms with Crippen molar-refractivity contribution in [3.05, 3.63) is 226 Å². The van der Waals surface area contributed by atoms with Crippen molar-refractivity contribution in [2.24, 2.45) is 0 Å². The summed E-state index contributed by atoms with van der Waals surface area (Å²) >= 11 is 0. The Hall–Kier alpha value is -5.92. The van der Waals surface area contributed by atoms with Crippen molar-refractivity contribution in [1.29, 1.82) is 0 Å². The van der Waals surface area contributed by atoms with E-state index in [0.29, 0.717) is 0 Å². The minimum atomic E-state index is -0.345. The highest BCUT2D eigenvalue weighted by molar-refractivity contribution is 5.88. The molecule has 57 heavy (non-hydrogen) atoms. The predicted molar refractivity (Wildman–Crippen MR) is 240 cm³/mol. The largest absolute Gasteiger partial charge is 0.335 e. The first-order valence-corrected chi connectivity index (χ1v) is 21.3. The van der Waals surface area contributed by atoms with Gasteiger partial charge in [0.2, 0.25) is 0 Å². The molecule has 2 unspecified atom stereocenters. The van der Waals surface area contributed by atoms with Crippen molar-refractivity contribution in [1.82, 2.24) is 0 Å². The van der Waals surface area contributed by atoms with Gasteiger partial charge in [-0.15, -0.1) is 0 Å². The molecule has 2 atom stereocenters. The second-order valence-corrected chi connectivity index (χ2v) is 17.0. The van der Waals surface area contributed by atoms with E-state index in [2.05, 4.69) is 175 Å². The van der Waals surface area contributed by atoms with Crippen LogP contribution >= 0.6 is 0 Å². The van der Waals surface area contributed by atoms with Crippen molar-refractivity contribution in [3.63, 3.8) is 0 Å². The van der Waals surface area contributed by atoms with Crippen LogP contribution in [0, 0.1) is 0 Å². The van der Waals surface area contributed by atoms with Gasteiger partial charge < -0.3 is 4.90 Å². The van der Waals surface area contributed by atoms with Crippen LogP contribution in [0.15, 0.2) is 176 Å². The van der Waals surface area contributed by atoms with E-state index < -0.39 is 0 Å². The van der Waals surface area contributed by atoms with Crippen molar-refractivity contribution < 1.29 is 0 Å². The molecule has 0 saturated heterocycles. The Kier molecular flexibility index (Phi) is 8.21. The molecule has 0 aliphatic heterocycles. The highest BCUT2D eigenvalue weighted by Crippen LogP contribution is 2.57. The Labute approximate surface area is 338 Å². The molecule has 0 amide bonds. The Balaban J connectivity index is 1.03. The number of nitrogens with zero attached hydrogens (tertiary/aromatic N) is 1. The minimum Gasteiger partial charge on any atom is -0.335 e. The molecule has 1 fully saturated rings. The highest BCUT2D eigenvalue weighted by atomic mass is 15.2. The number of fused-ring (bicyclic) bond motifs is 9. The Morgan fingerprint density at radius 1 is 0.667 bits per heavy atom. The summed E-state index contributed by atoms with van der Waals surface area (Å²) in [5, 5.41) is 0. The Bertz CT molecular complexity index is 2630. The van der Waals surface area contributed by atoms with Crippen molar-refractivity contribution in [2.75, 3.05) is 4.90 Å². The summed E-state index contributed by atoms with van der Waals surface area (Å²) in [5.74, 6) is 0. The lowest BCUT2D eigenvalue weighted by Gasteiger charge is -2.36. The zero-order valence-corrected chi connectivity index (χ0v) is 32.8. The van der Waals surface area contributed by atoms with E-state index in [4.69, 9.17) is 6.58 Å². The van der Waals surface area contributed by atoms with Gasteiger partial charge in [-0.05, 0) is 135 Å². The van der Waals surface area contributed by atoms with Crippen molar-refractivity contribution in [2.45, 2.75) is 74.7 Å². The number of allylic oxidation sites excluding steroid dienone is 9. The third kappa shape index (κ3) is 5.35. The van der Waals surface area contributed by atoms with Crippen molar-refractivity contribution in [3.8, 4) is 11.1 Å². The highest BCUT2D eigenvalue weighted by Gasteiger charge is 2.45. The molecule has 6 aliphatic rings.